The first-order valence-corrected chi connectivity index (χ1v) is 27.3. The van der Waals surface area contributed by atoms with Crippen LogP contribution in [-0.2, 0) is 16.9 Å². The van der Waals surface area contributed by atoms with Crippen molar-refractivity contribution in [2.45, 2.75) is 95.6 Å². The number of benzene rings is 3. The van der Waals surface area contributed by atoms with Crippen LogP contribution in [0.15, 0.2) is 95.0 Å². The van der Waals surface area contributed by atoms with E-state index in [0.29, 0.717) is 50.5 Å². The van der Waals surface area contributed by atoms with Crippen LogP contribution < -0.4 is 40.6 Å². The molecule has 0 radical (unpaired) electrons. The Morgan fingerprint density at radius 2 is 1.53 bits per heavy atom. The van der Waals surface area contributed by atoms with Gasteiger partial charge in [-0.25, -0.2) is 23.4 Å². The van der Waals surface area contributed by atoms with Crippen LogP contribution in [0.4, 0.5) is 28.8 Å². The van der Waals surface area contributed by atoms with Crippen molar-refractivity contribution in [3.8, 4) is 29.0 Å². The minimum atomic E-state index is -3.52. The molecule has 9 rings (SSSR count). The number of nitrogens with zero attached hydrogens (tertiary/aromatic N) is 8. The van der Waals surface area contributed by atoms with E-state index in [1.165, 1.54) is 53.3 Å². The Morgan fingerprint density at radius 1 is 0.816 bits per heavy atom. The van der Waals surface area contributed by atoms with E-state index >= 15 is 0 Å². The summed E-state index contributed by atoms with van der Waals surface area (Å²) in [5, 5.41) is 10.4. The molecule has 2 aliphatic heterocycles. The van der Waals surface area contributed by atoms with Gasteiger partial charge in [-0.1, -0.05) is 59.1 Å². The highest BCUT2D eigenvalue weighted by molar-refractivity contribution is 7.92. The third-order valence-electron chi connectivity index (χ3n) is 12.9. The summed E-state index contributed by atoms with van der Waals surface area (Å²) in [6.45, 7) is 15.4. The van der Waals surface area contributed by atoms with Crippen LogP contribution >= 0.6 is 34.8 Å². The highest BCUT2D eigenvalue weighted by Crippen LogP contribution is 2.46. The number of aryl methyl sites for hydroxylation is 2. The summed E-state index contributed by atoms with van der Waals surface area (Å²) in [5.41, 5.74) is 5.46. The number of para-hydroxylation sites is 1. The number of carbonyl (C=O) groups is 1. The maximum Gasteiger partial charge on any atom is 0.319 e. The molecule has 3 N–H and O–H groups in total. The van der Waals surface area contributed by atoms with Gasteiger partial charge < -0.3 is 39.3 Å². The fraction of sp³-hybridized carbons (Fsp3) is 0.352. The fourth-order valence-electron chi connectivity index (χ4n) is 9.28. The lowest BCUT2D eigenvalue weighted by molar-refractivity contribution is 0.0989. The fourth-order valence-corrected chi connectivity index (χ4v) is 11.0. The quantitative estimate of drug-likeness (QED) is 0.0872. The molecule has 0 bridgehead atoms. The van der Waals surface area contributed by atoms with Crippen molar-refractivity contribution < 1.29 is 27.4 Å². The van der Waals surface area contributed by atoms with Crippen LogP contribution in [0.2, 0.25) is 15.1 Å². The number of piperidine rings is 1. The van der Waals surface area contributed by atoms with Crippen LogP contribution in [0.5, 0.6) is 17.6 Å². The van der Waals surface area contributed by atoms with Crippen molar-refractivity contribution in [1.29, 1.82) is 0 Å². The Hall–Kier alpha value is -6.77. The van der Waals surface area contributed by atoms with Gasteiger partial charge in [-0.3, -0.25) is 14.5 Å². The van der Waals surface area contributed by atoms with Crippen molar-refractivity contribution in [3.05, 3.63) is 139 Å². The van der Waals surface area contributed by atoms with Crippen LogP contribution in [0.3, 0.4) is 0 Å². The number of carbonyl (C=O) groups excluding carboxylic acids is 1. The predicted octanol–water partition coefficient (Wildman–Crippen LogP) is 11.1. The summed E-state index contributed by atoms with van der Waals surface area (Å²) in [7, 11) is 1.01. The number of fused-ring (bicyclic) bond motifs is 1. The van der Waals surface area contributed by atoms with Crippen LogP contribution in [-0.4, -0.2) is 87.0 Å². The second-order valence-corrected chi connectivity index (χ2v) is 22.9. The van der Waals surface area contributed by atoms with Gasteiger partial charge in [0.2, 0.25) is 11.8 Å². The molecule has 0 saturated carbocycles. The molecule has 0 unspecified atom stereocenters. The van der Waals surface area contributed by atoms with Gasteiger partial charge in [0.25, 0.3) is 11.5 Å². The molecule has 7 aromatic rings. The van der Waals surface area contributed by atoms with Crippen LogP contribution in [0, 0.1) is 6.92 Å². The minimum absolute atomic E-state index is 0.0121. The normalized spacial score (nSPS) is 14.7. The van der Waals surface area contributed by atoms with E-state index in [2.05, 4.69) is 54.9 Å². The zero-order valence-electron chi connectivity index (χ0n) is 43.8. The third kappa shape index (κ3) is 11.5. The molecule has 1 amide bonds. The summed E-state index contributed by atoms with van der Waals surface area (Å²) in [5.74, 6) is 2.10. The smallest absolute Gasteiger partial charge is 0.319 e. The number of pyridine rings is 1. The summed E-state index contributed by atoms with van der Waals surface area (Å²) in [4.78, 5) is 51.1. The second-order valence-electron chi connectivity index (χ2n) is 19.1. The van der Waals surface area contributed by atoms with Gasteiger partial charge in [-0.15, -0.1) is 0 Å². The number of anilines is 5. The van der Waals surface area contributed by atoms with Gasteiger partial charge in [0.05, 0.1) is 64.3 Å². The van der Waals surface area contributed by atoms with Crippen molar-refractivity contribution in [2.24, 2.45) is 7.05 Å². The molecule has 6 heterocycles. The van der Waals surface area contributed by atoms with E-state index in [0.717, 1.165) is 42.9 Å². The Bertz CT molecular complexity index is 3460. The molecule has 0 spiro atoms. The van der Waals surface area contributed by atoms with E-state index < -0.39 is 27.0 Å². The number of hydrogen-bond donors (Lipinski definition) is 3. The molecule has 0 aliphatic carbocycles. The number of rotatable bonds is 15. The molecule has 2 aliphatic rings. The van der Waals surface area contributed by atoms with Crippen molar-refractivity contribution in [1.82, 2.24) is 39.4 Å². The van der Waals surface area contributed by atoms with Crippen LogP contribution in [0.25, 0.3) is 11.4 Å². The highest BCUT2D eigenvalue weighted by atomic mass is 35.5. The minimum Gasteiger partial charge on any atom is -0.489 e. The average Bonchev–Trinajstić information content (AvgIpc) is 3.91. The molecular formula is C54H60Cl3N11O7S. The number of imidazole rings is 1. The summed E-state index contributed by atoms with van der Waals surface area (Å²) in [6, 6.07) is 18.9. The lowest BCUT2D eigenvalue weighted by Gasteiger charge is -2.28. The first kappa shape index (κ1) is 55.5. The van der Waals surface area contributed by atoms with E-state index in [1.54, 1.807) is 63.5 Å². The zero-order valence-corrected chi connectivity index (χ0v) is 46.9. The summed E-state index contributed by atoms with van der Waals surface area (Å²) < 4.78 is 45.9. The maximum atomic E-state index is 14.0. The van der Waals surface area contributed by atoms with E-state index in [4.69, 9.17) is 54.0 Å². The first-order chi connectivity index (χ1) is 36.2. The van der Waals surface area contributed by atoms with E-state index in [1.807, 2.05) is 44.4 Å². The van der Waals surface area contributed by atoms with E-state index in [-0.39, 0.29) is 50.9 Å². The predicted molar refractivity (Wildman–Crippen MR) is 298 cm³/mol. The number of halogens is 3. The van der Waals surface area contributed by atoms with Gasteiger partial charge in [0, 0.05) is 30.5 Å². The SMILES string of the molecule is COc1ncc(-c2nc3c(n2C(C)C)[C@H](c2ccc(Cl)cc2)N(c2cc(Cl)cn(C)c2=O)C3=O)c(OC)n1.Cc1cc(Nc2ncc(Cl)c(Nc3ccccc3S(=O)(=O)C(C)C)n2)c(OC(C)C)cc1C1CCNCC1. The Morgan fingerprint density at radius 3 is 2.18 bits per heavy atom. The first-order valence-electron chi connectivity index (χ1n) is 24.7. The molecule has 400 valence electrons. The Kier molecular flexibility index (Phi) is 16.9. The molecular weight excluding hydrogens is 1050 g/mol. The number of sulfone groups is 1. The van der Waals surface area contributed by atoms with Crippen LogP contribution in [0.1, 0.15) is 105 Å². The zero-order chi connectivity index (χ0) is 54.7. The second kappa shape index (κ2) is 23.2. The molecule has 18 nitrogen and oxygen atoms in total. The molecule has 1 saturated heterocycles. The van der Waals surface area contributed by atoms with Gasteiger partial charge in [0.15, 0.2) is 21.3 Å². The highest BCUT2D eigenvalue weighted by Gasteiger charge is 2.46. The number of nitrogens with one attached hydrogen (secondary N) is 3. The molecule has 22 heteroatoms. The van der Waals surface area contributed by atoms with E-state index in [9.17, 15) is 18.0 Å². The van der Waals surface area contributed by atoms with Crippen molar-refractivity contribution >= 4 is 79.4 Å². The van der Waals surface area contributed by atoms with Gasteiger partial charge >= 0.3 is 6.01 Å². The summed E-state index contributed by atoms with van der Waals surface area (Å²) >= 11 is 18.9. The maximum absolute atomic E-state index is 14.0. The third-order valence-corrected chi connectivity index (χ3v) is 15.8. The Labute approximate surface area is 457 Å². The average molecular weight is 1110 g/mol. The van der Waals surface area contributed by atoms with Gasteiger partial charge in [-0.05, 0) is 139 Å². The lowest BCUT2D eigenvalue weighted by atomic mass is 9.87. The number of methoxy groups -OCH3 is 2. The Balaban J connectivity index is 0.000000201. The number of ether oxygens (including phenoxy) is 3. The molecule has 4 aromatic heterocycles. The molecule has 3 aromatic carbocycles. The number of hydrogen-bond acceptors (Lipinski definition) is 15. The molecule has 1 fully saturated rings. The van der Waals surface area contributed by atoms with Crippen molar-refractivity contribution in [3.63, 3.8) is 0 Å². The topological polar surface area (TPSA) is 210 Å². The largest absolute Gasteiger partial charge is 0.489 e. The van der Waals surface area contributed by atoms with Gasteiger partial charge in [0.1, 0.15) is 28.3 Å². The molecule has 76 heavy (non-hydrogen) atoms. The lowest BCUT2D eigenvalue weighted by Crippen LogP contribution is -2.36. The van der Waals surface area contributed by atoms with Crippen molar-refractivity contribution in [2.75, 3.05) is 42.8 Å². The number of aromatic nitrogens is 7. The number of amides is 1. The monoisotopic (exact) mass is 1110 g/mol. The summed E-state index contributed by atoms with van der Waals surface area (Å²) in [6.07, 6.45) is 6.71. The standard InChI is InChI=1S/C28H36ClN5O3S.C26H24Cl2N6O4/c1-17(2)37-25-15-21(20-10-12-30-13-11-20)19(5)14-24(25)33-28-31-16-22(29)27(34-28)32-23-8-6-7-9-26(23)38(35,36)18(3)4;1-13(2)33-21-19(30-22(33)17-11-29-26(38-5)31-23(17)37-4)25(36)34(18-10-16(28)12-32(3)24(18)35)20(21)14-6-8-15(27)9-7-14/h6-9,14-18,20,30H,10-13H2,1-5H3,(H2,31,32,33,34);6-13,20H,1-5H3/t;20-/m.0/s1. The molecule has 1 atom stereocenters. The van der Waals surface area contributed by atoms with Gasteiger partial charge in [-0.2, -0.15) is 9.97 Å².